The Bertz CT molecular complexity index is 818. The largest absolute Gasteiger partial charge is 0.395 e. The van der Waals surface area contributed by atoms with Crippen LogP contribution in [0.3, 0.4) is 0 Å². The average molecular weight is 439 g/mol. The molecule has 0 bridgehead atoms. The van der Waals surface area contributed by atoms with Crippen molar-refractivity contribution in [1.29, 1.82) is 0 Å². The van der Waals surface area contributed by atoms with Crippen molar-refractivity contribution >= 4 is 23.8 Å². The van der Waals surface area contributed by atoms with Crippen molar-refractivity contribution in [2.24, 2.45) is 16.1 Å². The highest BCUT2D eigenvalue weighted by atomic mass is 35.5. The fourth-order valence-corrected chi connectivity index (χ4v) is 4.52. The maximum atomic E-state index is 11.0. The minimum atomic E-state index is -1.66. The van der Waals surface area contributed by atoms with Gasteiger partial charge in [-0.2, -0.15) is 0 Å². The predicted molar refractivity (Wildman–Crippen MR) is 111 cm³/mol. The molecule has 0 aliphatic carbocycles. The Kier molecular flexibility index (Phi) is 6.02. The topological polar surface area (TPSA) is 119 Å². The van der Waals surface area contributed by atoms with Crippen molar-refractivity contribution < 1.29 is 24.9 Å². The molecule has 4 N–H and O–H groups in total. The van der Waals surface area contributed by atoms with Crippen LogP contribution >= 0.6 is 11.6 Å². The number of oxime groups is 1. The van der Waals surface area contributed by atoms with Crippen LogP contribution in [0, 0.1) is 5.92 Å². The summed E-state index contributed by atoms with van der Waals surface area (Å²) in [6.07, 6.45) is -2.12. The first kappa shape index (κ1) is 21.5. The zero-order valence-corrected chi connectivity index (χ0v) is 17.6. The Morgan fingerprint density at radius 1 is 1.43 bits per heavy atom. The van der Waals surface area contributed by atoms with E-state index in [1.165, 1.54) is 6.92 Å². The number of likely N-dealkylation sites (tertiary alicyclic amines) is 1. The smallest absolute Gasteiger partial charge is 0.175 e. The van der Waals surface area contributed by atoms with E-state index in [4.69, 9.17) is 21.2 Å². The number of hydrogen-bond donors (Lipinski definition) is 4. The van der Waals surface area contributed by atoms with Gasteiger partial charge in [0.15, 0.2) is 5.84 Å². The first-order valence-electron chi connectivity index (χ1n) is 10.1. The molecule has 10 heteroatoms. The van der Waals surface area contributed by atoms with E-state index in [9.17, 15) is 15.3 Å². The average Bonchev–Trinajstić information content (AvgIpc) is 3.26. The Morgan fingerprint density at radius 3 is 2.87 bits per heavy atom. The second-order valence-corrected chi connectivity index (χ2v) is 8.42. The first-order chi connectivity index (χ1) is 14.3. The molecule has 9 nitrogen and oxygen atoms in total. The van der Waals surface area contributed by atoms with Gasteiger partial charge in [-0.05, 0) is 38.0 Å². The van der Waals surface area contributed by atoms with Gasteiger partial charge in [0.1, 0.15) is 36.7 Å². The molecule has 0 radical (unpaired) electrons. The van der Waals surface area contributed by atoms with Gasteiger partial charge >= 0.3 is 0 Å². The summed E-state index contributed by atoms with van der Waals surface area (Å²) in [6, 6.07) is 6.67. The molecular formula is C20H27ClN4O5. The van der Waals surface area contributed by atoms with E-state index in [0.717, 1.165) is 6.42 Å². The fourth-order valence-electron chi connectivity index (χ4n) is 4.39. The number of ether oxygens (including phenoxy) is 1. The molecule has 30 heavy (non-hydrogen) atoms. The fraction of sp³-hybridized carbons (Fsp3) is 0.600. The number of nitrogens with one attached hydrogen (secondary N) is 1. The molecule has 3 aliphatic rings. The van der Waals surface area contributed by atoms with Gasteiger partial charge in [-0.1, -0.05) is 28.9 Å². The van der Waals surface area contributed by atoms with E-state index >= 15 is 0 Å². The lowest BCUT2D eigenvalue weighted by Gasteiger charge is -2.35. The monoisotopic (exact) mass is 438 g/mol. The third-order valence-corrected chi connectivity index (χ3v) is 6.31. The zero-order chi connectivity index (χ0) is 21.5. The number of aliphatic hydroxyl groups is 3. The number of nitrogens with zero attached hydrogens (tertiary/aromatic N) is 3. The lowest BCUT2D eigenvalue weighted by molar-refractivity contribution is -0.129. The number of halogens is 1. The highest BCUT2D eigenvalue weighted by Crippen LogP contribution is 2.42. The van der Waals surface area contributed by atoms with Crippen LogP contribution in [0.15, 0.2) is 34.4 Å². The summed E-state index contributed by atoms with van der Waals surface area (Å²) in [7, 11) is 0. The standard InChI is InChI=1S/C20H27ClN4O5/c1-3-29-24-17-13-8-9-25(18(13)23-10-22-17)19-15(27)20(2,28)16(30-19)14(26)11-4-6-12(21)7-5-11/h4-7,10,13-16,18-19,26-28H,3,8-9H2,1-2H3,(H,22,23,24)/t13?,14-,15+,16-,18?,19-,20+/m1/s1. The first-order valence-corrected chi connectivity index (χ1v) is 10.5. The van der Waals surface area contributed by atoms with Crippen molar-refractivity contribution in [3.05, 3.63) is 34.9 Å². The number of amidine groups is 1. The number of rotatable bonds is 5. The van der Waals surface area contributed by atoms with Crippen LogP contribution in [0.4, 0.5) is 0 Å². The molecule has 2 saturated heterocycles. The number of benzene rings is 1. The van der Waals surface area contributed by atoms with E-state index in [2.05, 4.69) is 15.5 Å². The Morgan fingerprint density at radius 2 is 2.17 bits per heavy atom. The molecule has 3 heterocycles. The molecular weight excluding hydrogens is 412 g/mol. The molecule has 164 valence electrons. The van der Waals surface area contributed by atoms with Gasteiger partial charge in [0.05, 0.1) is 18.4 Å². The van der Waals surface area contributed by atoms with Crippen molar-refractivity contribution in [2.45, 2.75) is 56.6 Å². The lowest BCUT2D eigenvalue weighted by Crippen LogP contribution is -2.56. The van der Waals surface area contributed by atoms with E-state index in [-0.39, 0.29) is 12.1 Å². The van der Waals surface area contributed by atoms with Gasteiger partial charge < -0.3 is 30.2 Å². The van der Waals surface area contributed by atoms with E-state index in [1.54, 1.807) is 30.6 Å². The van der Waals surface area contributed by atoms with Gasteiger partial charge in [-0.3, -0.25) is 4.90 Å². The minimum absolute atomic E-state index is 0.0393. The van der Waals surface area contributed by atoms with Crippen LogP contribution in [0.25, 0.3) is 0 Å². The van der Waals surface area contributed by atoms with Gasteiger partial charge in [0.25, 0.3) is 0 Å². The Balaban J connectivity index is 1.54. The molecule has 7 atom stereocenters. The molecule has 1 aromatic rings. The van der Waals surface area contributed by atoms with E-state index in [1.807, 2.05) is 11.8 Å². The van der Waals surface area contributed by atoms with E-state index in [0.29, 0.717) is 29.6 Å². The van der Waals surface area contributed by atoms with Crippen molar-refractivity contribution in [1.82, 2.24) is 10.2 Å². The summed E-state index contributed by atoms with van der Waals surface area (Å²) >= 11 is 5.93. The number of fused-ring (bicyclic) bond motifs is 1. The quantitative estimate of drug-likeness (QED) is 0.503. The summed E-state index contributed by atoms with van der Waals surface area (Å²) < 4.78 is 6.07. The van der Waals surface area contributed by atoms with Crippen molar-refractivity contribution in [3.63, 3.8) is 0 Å². The molecule has 1 aromatic carbocycles. The predicted octanol–water partition coefficient (Wildman–Crippen LogP) is 0.840. The van der Waals surface area contributed by atoms with Gasteiger partial charge in [0.2, 0.25) is 0 Å². The molecule has 2 fully saturated rings. The summed E-state index contributed by atoms with van der Waals surface area (Å²) in [6.45, 7) is 4.38. The van der Waals surface area contributed by atoms with Crippen LogP contribution in [0.2, 0.25) is 5.02 Å². The highest BCUT2D eigenvalue weighted by molar-refractivity contribution is 6.30. The van der Waals surface area contributed by atoms with Crippen LogP contribution < -0.4 is 5.32 Å². The number of aliphatic hydroxyl groups excluding tert-OH is 2. The van der Waals surface area contributed by atoms with Crippen LogP contribution in [0.1, 0.15) is 31.9 Å². The van der Waals surface area contributed by atoms with E-state index < -0.39 is 30.1 Å². The van der Waals surface area contributed by atoms with Crippen LogP contribution in [-0.4, -0.2) is 75.7 Å². The highest BCUT2D eigenvalue weighted by Gasteiger charge is 2.59. The molecule has 4 rings (SSSR count). The molecule has 3 aliphatic heterocycles. The lowest BCUT2D eigenvalue weighted by atomic mass is 9.88. The summed E-state index contributed by atoms with van der Waals surface area (Å²) in [5.41, 5.74) is -1.11. The summed E-state index contributed by atoms with van der Waals surface area (Å²) in [4.78, 5) is 11.4. The normalized spacial score (nSPS) is 38.5. The second-order valence-electron chi connectivity index (χ2n) is 7.98. The molecule has 0 aromatic heterocycles. The molecule has 0 spiro atoms. The summed E-state index contributed by atoms with van der Waals surface area (Å²) in [5, 5.41) is 40.6. The Labute approximate surface area is 179 Å². The third-order valence-electron chi connectivity index (χ3n) is 6.05. The third kappa shape index (κ3) is 3.70. The minimum Gasteiger partial charge on any atom is -0.395 e. The zero-order valence-electron chi connectivity index (χ0n) is 16.8. The maximum Gasteiger partial charge on any atom is 0.175 e. The molecule has 0 amide bonds. The van der Waals surface area contributed by atoms with Gasteiger partial charge in [0, 0.05) is 11.6 Å². The molecule has 2 unspecified atom stereocenters. The Hall–Kier alpha value is -1.75. The van der Waals surface area contributed by atoms with Crippen molar-refractivity contribution in [2.75, 3.05) is 13.2 Å². The SMILES string of the molecule is CCO/N=C1/N=CNC2C1CCN2[C@@H]1O[C@H]([C@H](O)c2ccc(Cl)cc2)[C@@](C)(O)[C@H]1O. The van der Waals surface area contributed by atoms with Gasteiger partial charge in [-0.25, -0.2) is 4.99 Å². The van der Waals surface area contributed by atoms with Gasteiger partial charge in [-0.15, -0.1) is 0 Å². The second kappa shape index (κ2) is 8.41. The number of aliphatic imine (C=N–C) groups is 1. The van der Waals surface area contributed by atoms with Crippen LogP contribution in [0.5, 0.6) is 0 Å². The van der Waals surface area contributed by atoms with Crippen LogP contribution in [-0.2, 0) is 9.57 Å². The molecule has 0 saturated carbocycles. The van der Waals surface area contributed by atoms with Crippen molar-refractivity contribution in [3.8, 4) is 0 Å². The summed E-state index contributed by atoms with van der Waals surface area (Å²) in [5.74, 6) is 0.544. The number of hydrogen-bond acceptors (Lipinski definition) is 8. The maximum absolute atomic E-state index is 11.0.